The summed E-state index contributed by atoms with van der Waals surface area (Å²) >= 11 is 30.2. The van der Waals surface area contributed by atoms with Gasteiger partial charge < -0.3 is 5.11 Å². The highest BCUT2D eigenvalue weighted by Gasteiger charge is 2.32. The SMILES string of the molecule is ClC(Cl)=Cc1cccs1.OC(c1cccs1)C(Cl)(Cl)Cl. The van der Waals surface area contributed by atoms with E-state index < -0.39 is 9.90 Å². The summed E-state index contributed by atoms with van der Waals surface area (Å²) in [6.45, 7) is 0. The first-order valence-electron chi connectivity index (χ1n) is 5.15. The third-order valence-corrected chi connectivity index (χ3v) is 4.50. The van der Waals surface area contributed by atoms with Crippen LogP contribution in [0.2, 0.25) is 0 Å². The molecule has 0 bridgehead atoms. The summed E-state index contributed by atoms with van der Waals surface area (Å²) in [7, 11) is 0. The van der Waals surface area contributed by atoms with Gasteiger partial charge in [0, 0.05) is 9.75 Å². The van der Waals surface area contributed by atoms with Gasteiger partial charge >= 0.3 is 0 Å². The van der Waals surface area contributed by atoms with Crippen LogP contribution in [-0.4, -0.2) is 8.90 Å². The molecule has 20 heavy (non-hydrogen) atoms. The van der Waals surface area contributed by atoms with E-state index in [4.69, 9.17) is 58.0 Å². The number of thiophene rings is 2. The molecule has 1 unspecified atom stereocenters. The highest BCUT2D eigenvalue weighted by atomic mass is 35.6. The molecule has 2 rings (SSSR count). The zero-order valence-electron chi connectivity index (χ0n) is 9.77. The van der Waals surface area contributed by atoms with E-state index in [2.05, 4.69) is 0 Å². The maximum absolute atomic E-state index is 9.36. The number of aliphatic hydroxyl groups excluding tert-OH is 1. The number of aliphatic hydroxyl groups is 1. The van der Waals surface area contributed by atoms with E-state index in [1.165, 1.54) is 11.3 Å². The molecule has 0 aliphatic rings. The van der Waals surface area contributed by atoms with Gasteiger partial charge in [-0.05, 0) is 29.0 Å². The summed E-state index contributed by atoms with van der Waals surface area (Å²) in [6, 6.07) is 7.42. The Hall–Kier alpha value is 0.550. The average molecular weight is 411 g/mol. The molecule has 1 atom stereocenters. The zero-order valence-corrected chi connectivity index (χ0v) is 15.2. The molecule has 0 radical (unpaired) electrons. The topological polar surface area (TPSA) is 20.2 Å². The van der Waals surface area contributed by atoms with Gasteiger partial charge in [-0.1, -0.05) is 70.1 Å². The molecular weight excluding hydrogens is 402 g/mol. The van der Waals surface area contributed by atoms with Crippen LogP contribution >= 0.6 is 80.7 Å². The van der Waals surface area contributed by atoms with Crippen LogP contribution in [0, 0.1) is 0 Å². The fourth-order valence-corrected chi connectivity index (χ4v) is 3.43. The van der Waals surface area contributed by atoms with Crippen molar-refractivity contribution >= 4 is 86.8 Å². The van der Waals surface area contributed by atoms with E-state index in [9.17, 15) is 5.11 Å². The maximum atomic E-state index is 9.36. The summed E-state index contributed by atoms with van der Waals surface area (Å²) < 4.78 is -1.33. The lowest BCUT2D eigenvalue weighted by molar-refractivity contribution is 0.186. The molecule has 0 aromatic carbocycles. The van der Waals surface area contributed by atoms with Crippen LogP contribution in [0.15, 0.2) is 39.5 Å². The Morgan fingerprint density at radius 2 is 1.70 bits per heavy atom. The summed E-state index contributed by atoms with van der Waals surface area (Å²) in [4.78, 5) is 1.74. The number of halogens is 5. The van der Waals surface area contributed by atoms with Gasteiger partial charge in [0.25, 0.3) is 0 Å². The number of hydrogen-bond donors (Lipinski definition) is 1. The molecule has 1 N–H and O–H groups in total. The second kappa shape index (κ2) is 8.86. The van der Waals surface area contributed by atoms with Crippen molar-refractivity contribution in [3.63, 3.8) is 0 Å². The van der Waals surface area contributed by atoms with Gasteiger partial charge in [-0.2, -0.15) is 0 Å². The molecule has 0 fully saturated rings. The number of rotatable bonds is 2. The maximum Gasteiger partial charge on any atom is 0.220 e. The minimum absolute atomic E-state index is 0.303. The van der Waals surface area contributed by atoms with E-state index in [0.717, 1.165) is 4.88 Å². The van der Waals surface area contributed by atoms with Gasteiger partial charge in [-0.3, -0.25) is 0 Å². The first-order valence-corrected chi connectivity index (χ1v) is 8.80. The molecule has 0 aliphatic carbocycles. The van der Waals surface area contributed by atoms with Crippen LogP contribution in [0.3, 0.4) is 0 Å². The van der Waals surface area contributed by atoms with Gasteiger partial charge in [0.2, 0.25) is 3.79 Å². The van der Waals surface area contributed by atoms with E-state index in [1.54, 1.807) is 29.5 Å². The molecule has 2 aromatic rings. The molecular formula is C12H9Cl5OS2. The van der Waals surface area contributed by atoms with Crippen molar-refractivity contribution in [3.8, 4) is 0 Å². The standard InChI is InChI=1S/C6H5Cl3OS.C6H4Cl2S/c7-6(8,9)5(10)4-2-1-3-11-4;7-6(8)4-5-2-1-3-9-5/h1-3,5,10H;1-4H. The van der Waals surface area contributed by atoms with Crippen molar-refractivity contribution in [1.29, 1.82) is 0 Å². The van der Waals surface area contributed by atoms with Gasteiger partial charge in [-0.25, -0.2) is 0 Å². The van der Waals surface area contributed by atoms with Crippen molar-refractivity contribution in [2.24, 2.45) is 0 Å². The van der Waals surface area contributed by atoms with E-state index in [0.29, 0.717) is 9.37 Å². The lowest BCUT2D eigenvalue weighted by Crippen LogP contribution is -2.14. The van der Waals surface area contributed by atoms with Crippen LogP contribution in [0.25, 0.3) is 6.08 Å². The van der Waals surface area contributed by atoms with E-state index in [1.807, 2.05) is 22.9 Å². The quantitative estimate of drug-likeness (QED) is 0.548. The van der Waals surface area contributed by atoms with E-state index >= 15 is 0 Å². The third kappa shape index (κ3) is 7.01. The van der Waals surface area contributed by atoms with Crippen LogP contribution in [0.5, 0.6) is 0 Å². The minimum atomic E-state index is -1.63. The molecule has 2 heterocycles. The lowest BCUT2D eigenvalue weighted by atomic mass is 10.3. The molecule has 0 amide bonds. The van der Waals surface area contributed by atoms with Crippen molar-refractivity contribution in [2.45, 2.75) is 9.90 Å². The Balaban J connectivity index is 0.000000204. The second-order valence-electron chi connectivity index (χ2n) is 3.41. The summed E-state index contributed by atoms with van der Waals surface area (Å²) in [5.41, 5.74) is 0. The third-order valence-electron chi connectivity index (χ3n) is 1.92. The average Bonchev–Trinajstić information content (AvgIpc) is 2.98. The number of alkyl halides is 3. The Morgan fingerprint density at radius 1 is 1.10 bits per heavy atom. The van der Waals surface area contributed by atoms with Crippen molar-refractivity contribution in [3.05, 3.63) is 49.3 Å². The molecule has 2 aromatic heterocycles. The number of hydrogen-bond acceptors (Lipinski definition) is 3. The van der Waals surface area contributed by atoms with Crippen molar-refractivity contribution < 1.29 is 5.11 Å². The van der Waals surface area contributed by atoms with Gasteiger partial charge in [0.05, 0.1) is 0 Å². The van der Waals surface area contributed by atoms with Gasteiger partial charge in [0.15, 0.2) is 0 Å². The molecule has 1 nitrogen and oxygen atoms in total. The van der Waals surface area contributed by atoms with E-state index in [-0.39, 0.29) is 0 Å². The van der Waals surface area contributed by atoms with Crippen molar-refractivity contribution in [1.82, 2.24) is 0 Å². The van der Waals surface area contributed by atoms with Gasteiger partial charge in [0.1, 0.15) is 10.6 Å². The highest BCUT2D eigenvalue weighted by Crippen LogP contribution is 2.40. The summed E-state index contributed by atoms with van der Waals surface area (Å²) in [6.07, 6.45) is 0.681. The largest absolute Gasteiger partial charge is 0.383 e. The molecule has 0 saturated carbocycles. The molecule has 0 aliphatic heterocycles. The molecule has 0 spiro atoms. The molecule has 8 heteroatoms. The van der Waals surface area contributed by atoms with Crippen molar-refractivity contribution in [2.75, 3.05) is 0 Å². The van der Waals surface area contributed by atoms with Crippen LogP contribution in [0.1, 0.15) is 15.9 Å². The zero-order chi connectivity index (χ0) is 15.2. The fraction of sp³-hybridized carbons (Fsp3) is 0.167. The molecule has 110 valence electrons. The molecule has 0 saturated heterocycles. The highest BCUT2D eigenvalue weighted by molar-refractivity contribution is 7.11. The van der Waals surface area contributed by atoms with Crippen LogP contribution in [-0.2, 0) is 0 Å². The Bertz CT molecular complexity index is 513. The second-order valence-corrected chi connectivity index (χ2v) is 8.74. The predicted molar refractivity (Wildman–Crippen MR) is 93.6 cm³/mol. The van der Waals surface area contributed by atoms with Gasteiger partial charge in [-0.15, -0.1) is 22.7 Å². The Kier molecular flexibility index (Phi) is 8.24. The Morgan fingerprint density at radius 3 is 2.10 bits per heavy atom. The summed E-state index contributed by atoms with van der Waals surface area (Å²) in [5, 5.41) is 13.1. The predicted octanol–water partition coefficient (Wildman–Crippen LogP) is 6.68. The smallest absolute Gasteiger partial charge is 0.220 e. The monoisotopic (exact) mass is 408 g/mol. The lowest BCUT2D eigenvalue weighted by Gasteiger charge is -2.16. The van der Waals surface area contributed by atoms with Crippen LogP contribution < -0.4 is 0 Å². The fourth-order valence-electron chi connectivity index (χ4n) is 1.09. The first kappa shape index (κ1) is 18.6. The Labute approximate surface area is 150 Å². The normalized spacial score (nSPS) is 12.3. The van der Waals surface area contributed by atoms with Crippen LogP contribution in [0.4, 0.5) is 0 Å². The minimum Gasteiger partial charge on any atom is -0.383 e. The first-order chi connectivity index (χ1) is 9.30. The summed E-state index contributed by atoms with van der Waals surface area (Å²) in [5.74, 6) is 0.